The molecule has 31 heavy (non-hydrogen) atoms. The number of nitrogens with one attached hydrogen (secondary N) is 1. The van der Waals surface area contributed by atoms with E-state index >= 15 is 0 Å². The van der Waals surface area contributed by atoms with Gasteiger partial charge in [0.2, 0.25) is 0 Å². The fraction of sp³-hybridized carbons (Fsp3) is 0.286. The van der Waals surface area contributed by atoms with Gasteiger partial charge in [-0.25, -0.2) is 4.68 Å². The molecule has 0 spiro atoms. The van der Waals surface area contributed by atoms with Crippen LogP contribution in [0.2, 0.25) is 0 Å². The van der Waals surface area contributed by atoms with Crippen molar-refractivity contribution in [1.82, 2.24) is 19.4 Å². The van der Waals surface area contributed by atoms with Crippen LogP contribution in [0.25, 0.3) is 5.69 Å². The second-order valence-corrected chi connectivity index (χ2v) is 8.46. The summed E-state index contributed by atoms with van der Waals surface area (Å²) in [5.41, 5.74) is 1.92. The lowest BCUT2D eigenvalue weighted by molar-refractivity contribution is -0.274. The van der Waals surface area contributed by atoms with Gasteiger partial charge >= 0.3 is 6.36 Å². The summed E-state index contributed by atoms with van der Waals surface area (Å²) < 4.78 is 58.5. The lowest BCUT2D eigenvalue weighted by atomic mass is 10.3. The summed E-state index contributed by atoms with van der Waals surface area (Å²) in [5.74, 6) is -0.387. The normalized spacial score (nSPS) is 18.3. The molecule has 0 amide bonds. The average Bonchev–Trinajstić information content (AvgIpc) is 3.37. The van der Waals surface area contributed by atoms with E-state index in [1.807, 2.05) is 47.3 Å². The first-order chi connectivity index (χ1) is 14.9. The molecule has 0 radical (unpaired) electrons. The molecule has 10 heteroatoms. The van der Waals surface area contributed by atoms with Gasteiger partial charge in [0.25, 0.3) is 0 Å². The zero-order valence-corrected chi connectivity index (χ0v) is 17.3. The van der Waals surface area contributed by atoms with E-state index in [4.69, 9.17) is 0 Å². The summed E-state index contributed by atoms with van der Waals surface area (Å²) in [7, 11) is 0. The first-order valence-electron chi connectivity index (χ1n) is 9.72. The molecule has 4 rings (SSSR count). The highest BCUT2D eigenvalue weighted by Crippen LogP contribution is 2.25. The number of nitrogens with zero attached hydrogens (tertiary/aromatic N) is 3. The molecule has 1 N–H and O–H groups in total. The van der Waals surface area contributed by atoms with E-state index in [1.165, 1.54) is 18.2 Å². The number of aromatic nitrogens is 2. The maximum atomic E-state index is 12.6. The summed E-state index contributed by atoms with van der Waals surface area (Å²) >= 11 is -1.64. The highest BCUT2D eigenvalue weighted by atomic mass is 32.2. The molecule has 1 aliphatic rings. The number of hydrogen-bond acceptors (Lipinski definition) is 5. The highest BCUT2D eigenvalue weighted by Gasteiger charge is 2.32. The van der Waals surface area contributed by atoms with Crippen LogP contribution < -0.4 is 9.46 Å². The van der Waals surface area contributed by atoms with Crippen LogP contribution in [0.4, 0.5) is 13.2 Å². The Kier molecular flexibility index (Phi) is 6.51. The van der Waals surface area contributed by atoms with Gasteiger partial charge in [-0.15, -0.1) is 17.9 Å². The van der Waals surface area contributed by atoms with Crippen LogP contribution in [0.1, 0.15) is 12.1 Å². The molecule has 2 heterocycles. The molecule has 1 saturated heterocycles. The molecule has 2 atom stereocenters. The number of ether oxygens (including phenoxy) is 1. The zero-order chi connectivity index (χ0) is 21.8. The highest BCUT2D eigenvalue weighted by molar-refractivity contribution is 7.89. The molecule has 2 aromatic carbocycles. The van der Waals surface area contributed by atoms with Crippen LogP contribution in [0.15, 0.2) is 71.8 Å². The second-order valence-electron chi connectivity index (χ2n) is 7.22. The van der Waals surface area contributed by atoms with Gasteiger partial charge in [0.05, 0.1) is 28.8 Å². The van der Waals surface area contributed by atoms with Crippen molar-refractivity contribution in [3.8, 4) is 11.4 Å². The lowest BCUT2D eigenvalue weighted by Gasteiger charge is -2.17. The first kappa shape index (κ1) is 21.7. The van der Waals surface area contributed by atoms with E-state index in [0.717, 1.165) is 30.4 Å². The Labute approximate surface area is 180 Å². The summed E-state index contributed by atoms with van der Waals surface area (Å²) in [4.78, 5) is 2.44. The lowest BCUT2D eigenvalue weighted by Crippen LogP contribution is -2.37. The maximum Gasteiger partial charge on any atom is 0.573 e. The van der Waals surface area contributed by atoms with E-state index in [-0.39, 0.29) is 16.7 Å². The monoisotopic (exact) mass is 450 g/mol. The Morgan fingerprint density at radius 2 is 1.94 bits per heavy atom. The predicted molar refractivity (Wildman–Crippen MR) is 110 cm³/mol. The Hall–Kier alpha value is -2.53. The van der Waals surface area contributed by atoms with Crippen molar-refractivity contribution in [3.63, 3.8) is 0 Å². The summed E-state index contributed by atoms with van der Waals surface area (Å²) in [6.45, 7) is 2.15. The zero-order valence-electron chi connectivity index (χ0n) is 16.5. The van der Waals surface area contributed by atoms with Gasteiger partial charge in [0, 0.05) is 31.9 Å². The number of benzene rings is 2. The van der Waals surface area contributed by atoms with Gasteiger partial charge in [0.1, 0.15) is 5.75 Å². The number of para-hydroxylation sites is 1. The van der Waals surface area contributed by atoms with E-state index in [0.29, 0.717) is 13.1 Å². The minimum Gasteiger partial charge on any atom is -0.593 e. The van der Waals surface area contributed by atoms with Crippen molar-refractivity contribution >= 4 is 11.4 Å². The van der Waals surface area contributed by atoms with Crippen LogP contribution in [0.3, 0.4) is 0 Å². The van der Waals surface area contributed by atoms with E-state index in [9.17, 15) is 17.7 Å². The first-order valence-corrected chi connectivity index (χ1v) is 10.9. The Morgan fingerprint density at radius 1 is 1.13 bits per heavy atom. The van der Waals surface area contributed by atoms with Gasteiger partial charge in [-0.2, -0.15) is 5.10 Å². The van der Waals surface area contributed by atoms with Crippen LogP contribution in [0.5, 0.6) is 5.75 Å². The van der Waals surface area contributed by atoms with E-state index in [1.54, 1.807) is 0 Å². The molecule has 6 nitrogen and oxygen atoms in total. The molecule has 164 valence electrons. The number of rotatable bonds is 7. The SMILES string of the molecule is [O-][S+](N[C@@H]1CCN(Cc2ccn(-c3ccccc3)n2)C1)c1cccc(OC(F)(F)F)c1. The molecule has 1 fully saturated rings. The Bertz CT molecular complexity index is 1000. The largest absolute Gasteiger partial charge is 0.593 e. The number of likely N-dealkylation sites (tertiary alicyclic amines) is 1. The second kappa shape index (κ2) is 9.31. The average molecular weight is 450 g/mol. The molecular formula is C21H21F3N4O2S. The molecule has 1 unspecified atom stereocenters. The Morgan fingerprint density at radius 3 is 2.71 bits per heavy atom. The van der Waals surface area contributed by atoms with Crippen molar-refractivity contribution in [2.75, 3.05) is 13.1 Å². The third-order valence-corrected chi connectivity index (χ3v) is 6.08. The summed E-state index contributed by atoms with van der Waals surface area (Å²) in [6.07, 6.45) is -2.08. The molecule has 0 saturated carbocycles. The summed E-state index contributed by atoms with van der Waals surface area (Å²) in [5, 5.41) is 4.61. The molecular weight excluding hydrogens is 429 g/mol. The van der Waals surface area contributed by atoms with Crippen LogP contribution in [0, 0.1) is 0 Å². The van der Waals surface area contributed by atoms with Gasteiger partial charge in [0.15, 0.2) is 4.90 Å². The molecule has 0 bridgehead atoms. The fourth-order valence-corrected chi connectivity index (χ4v) is 4.53. The van der Waals surface area contributed by atoms with Crippen LogP contribution >= 0.6 is 0 Å². The quantitative estimate of drug-likeness (QED) is 0.557. The third-order valence-electron chi connectivity index (χ3n) is 4.85. The fourth-order valence-electron chi connectivity index (χ4n) is 3.48. The van der Waals surface area contributed by atoms with Gasteiger partial charge in [-0.1, -0.05) is 24.3 Å². The smallest absolute Gasteiger partial charge is 0.573 e. The number of hydrogen-bond donors (Lipinski definition) is 1. The molecule has 1 aliphatic heterocycles. The van der Waals surface area contributed by atoms with Crippen molar-refractivity contribution in [1.29, 1.82) is 0 Å². The number of alkyl halides is 3. The van der Waals surface area contributed by atoms with Crippen molar-refractivity contribution in [2.45, 2.75) is 30.3 Å². The predicted octanol–water partition coefficient (Wildman–Crippen LogP) is 3.66. The van der Waals surface area contributed by atoms with E-state index < -0.39 is 17.7 Å². The Balaban J connectivity index is 1.30. The van der Waals surface area contributed by atoms with Gasteiger partial charge < -0.3 is 9.29 Å². The van der Waals surface area contributed by atoms with Gasteiger partial charge in [-0.05, 0) is 36.8 Å². The minimum absolute atomic E-state index is 0.0377. The maximum absolute atomic E-state index is 12.6. The van der Waals surface area contributed by atoms with Crippen LogP contribution in [-0.4, -0.2) is 44.7 Å². The standard InChI is InChI=1S/C21H21F3N4O2S/c22-21(23,24)30-19-7-4-8-20(13-19)31(29)26-17-9-11-27(15-17)14-16-10-12-28(25-16)18-5-2-1-3-6-18/h1-8,10,12-13,17,26H,9,11,14-15H2/t17-,31?/m1/s1. The topological polar surface area (TPSA) is 65.4 Å². The number of halogens is 3. The van der Waals surface area contributed by atoms with Crippen LogP contribution in [-0.2, 0) is 17.9 Å². The molecule has 3 aromatic rings. The molecule has 1 aromatic heterocycles. The summed E-state index contributed by atoms with van der Waals surface area (Å²) in [6, 6.07) is 17.0. The van der Waals surface area contributed by atoms with E-state index in [2.05, 4.69) is 19.5 Å². The molecule has 0 aliphatic carbocycles. The third kappa shape index (κ3) is 6.01. The van der Waals surface area contributed by atoms with Gasteiger partial charge in [-0.3, -0.25) is 4.90 Å². The van der Waals surface area contributed by atoms with Crippen molar-refractivity contribution in [3.05, 3.63) is 72.6 Å². The van der Waals surface area contributed by atoms with Crippen molar-refractivity contribution < 1.29 is 22.5 Å². The minimum atomic E-state index is -4.78. The van der Waals surface area contributed by atoms with Crippen molar-refractivity contribution in [2.24, 2.45) is 0 Å².